The zero-order valence-electron chi connectivity index (χ0n) is 11.9. The van der Waals surface area contributed by atoms with Crippen LogP contribution in [0.1, 0.15) is 18.9 Å². The molecule has 21 heavy (non-hydrogen) atoms. The van der Waals surface area contributed by atoms with Gasteiger partial charge in [-0.05, 0) is 38.1 Å². The summed E-state index contributed by atoms with van der Waals surface area (Å²) in [6.07, 6.45) is 0.479. The molecular formula is C13H18F2N2O3S. The minimum absolute atomic E-state index is 0.201. The molecule has 1 aromatic carbocycles. The number of halogens is 2. The molecule has 0 saturated carbocycles. The molecule has 1 fully saturated rings. The van der Waals surface area contributed by atoms with Gasteiger partial charge in [0, 0.05) is 13.2 Å². The predicted molar refractivity (Wildman–Crippen MR) is 73.3 cm³/mol. The molecule has 0 bridgehead atoms. The van der Waals surface area contributed by atoms with E-state index in [0.717, 1.165) is 12.1 Å². The average Bonchev–Trinajstić information content (AvgIpc) is 2.79. The maximum Gasteiger partial charge on any atom is 0.244 e. The van der Waals surface area contributed by atoms with Crippen molar-refractivity contribution in [3.63, 3.8) is 0 Å². The first-order valence-corrected chi connectivity index (χ1v) is 8.00. The Balaban J connectivity index is 2.39. The molecule has 1 heterocycles. The Bertz CT molecular complexity index is 629. The fourth-order valence-electron chi connectivity index (χ4n) is 2.25. The first kappa shape index (κ1) is 16.3. The number of nitrogens with one attached hydrogen (secondary N) is 2. The molecule has 0 spiro atoms. The first-order valence-electron chi connectivity index (χ1n) is 6.52. The van der Waals surface area contributed by atoms with E-state index < -0.39 is 32.1 Å². The quantitative estimate of drug-likeness (QED) is 0.854. The zero-order chi connectivity index (χ0) is 15.7. The second-order valence-electron chi connectivity index (χ2n) is 5.39. The summed E-state index contributed by atoms with van der Waals surface area (Å²) in [7, 11) is -2.54. The standard InChI is InChI=1S/C13H18F2N2O3S/c1-13(3-4-20-8-13)17-21(18,19)11-6-9(7-16-2)5-10(14)12(11)15/h5-6,16-17H,3-4,7-8H2,1-2H3. The highest BCUT2D eigenvalue weighted by Gasteiger charge is 2.36. The van der Waals surface area contributed by atoms with Crippen LogP contribution in [0.4, 0.5) is 8.78 Å². The van der Waals surface area contributed by atoms with Crippen molar-refractivity contribution in [2.24, 2.45) is 0 Å². The highest BCUT2D eigenvalue weighted by Crippen LogP contribution is 2.24. The van der Waals surface area contributed by atoms with Gasteiger partial charge in [-0.25, -0.2) is 21.9 Å². The summed E-state index contributed by atoms with van der Waals surface area (Å²) >= 11 is 0. The van der Waals surface area contributed by atoms with E-state index in [1.54, 1.807) is 14.0 Å². The van der Waals surface area contributed by atoms with Crippen molar-refractivity contribution in [3.05, 3.63) is 29.3 Å². The van der Waals surface area contributed by atoms with E-state index in [-0.39, 0.29) is 13.2 Å². The van der Waals surface area contributed by atoms with Gasteiger partial charge < -0.3 is 10.1 Å². The number of benzene rings is 1. The zero-order valence-corrected chi connectivity index (χ0v) is 12.7. The van der Waals surface area contributed by atoms with Crippen molar-refractivity contribution >= 4 is 10.0 Å². The van der Waals surface area contributed by atoms with Crippen LogP contribution in [-0.4, -0.2) is 34.2 Å². The van der Waals surface area contributed by atoms with Gasteiger partial charge in [0.2, 0.25) is 10.0 Å². The minimum Gasteiger partial charge on any atom is -0.379 e. The Hall–Kier alpha value is -1.09. The van der Waals surface area contributed by atoms with E-state index >= 15 is 0 Å². The van der Waals surface area contributed by atoms with Crippen LogP contribution in [0.25, 0.3) is 0 Å². The third-order valence-corrected chi connectivity index (χ3v) is 4.96. The van der Waals surface area contributed by atoms with E-state index in [4.69, 9.17) is 4.74 Å². The average molecular weight is 320 g/mol. The Kier molecular flexibility index (Phi) is 4.62. The molecule has 118 valence electrons. The smallest absolute Gasteiger partial charge is 0.244 e. The molecule has 5 nitrogen and oxygen atoms in total. The molecule has 1 aromatic rings. The summed E-state index contributed by atoms with van der Waals surface area (Å²) in [6, 6.07) is 2.11. The lowest BCUT2D eigenvalue weighted by atomic mass is 10.0. The van der Waals surface area contributed by atoms with Gasteiger partial charge in [-0.3, -0.25) is 0 Å². The van der Waals surface area contributed by atoms with Crippen LogP contribution in [0.5, 0.6) is 0 Å². The lowest BCUT2D eigenvalue weighted by Gasteiger charge is -2.23. The van der Waals surface area contributed by atoms with Gasteiger partial charge in [-0.1, -0.05) is 0 Å². The topological polar surface area (TPSA) is 67.4 Å². The van der Waals surface area contributed by atoms with Crippen molar-refractivity contribution in [2.75, 3.05) is 20.3 Å². The van der Waals surface area contributed by atoms with E-state index in [0.29, 0.717) is 18.6 Å². The van der Waals surface area contributed by atoms with Crippen LogP contribution >= 0.6 is 0 Å². The Morgan fingerprint density at radius 2 is 2.10 bits per heavy atom. The van der Waals surface area contributed by atoms with Gasteiger partial charge in [-0.15, -0.1) is 0 Å². The van der Waals surface area contributed by atoms with Gasteiger partial charge in [0.1, 0.15) is 4.90 Å². The molecule has 2 rings (SSSR count). The number of ether oxygens (including phenoxy) is 1. The molecule has 1 atom stereocenters. The molecule has 1 unspecified atom stereocenters. The van der Waals surface area contributed by atoms with Crippen molar-refractivity contribution < 1.29 is 21.9 Å². The van der Waals surface area contributed by atoms with Gasteiger partial charge >= 0.3 is 0 Å². The Labute approximate surface area is 122 Å². The molecule has 0 radical (unpaired) electrons. The van der Waals surface area contributed by atoms with E-state index in [1.165, 1.54) is 0 Å². The number of hydrogen-bond donors (Lipinski definition) is 2. The van der Waals surface area contributed by atoms with Gasteiger partial charge in [-0.2, -0.15) is 0 Å². The lowest BCUT2D eigenvalue weighted by molar-refractivity contribution is 0.178. The summed E-state index contributed by atoms with van der Waals surface area (Å²) in [6.45, 7) is 2.53. The summed E-state index contributed by atoms with van der Waals surface area (Å²) < 4.78 is 59.7. The molecule has 0 aromatic heterocycles. The number of rotatable bonds is 5. The monoisotopic (exact) mass is 320 g/mol. The molecule has 1 saturated heterocycles. The molecule has 0 amide bonds. The van der Waals surface area contributed by atoms with Crippen LogP contribution in [0.15, 0.2) is 17.0 Å². The highest BCUT2D eigenvalue weighted by atomic mass is 32.2. The van der Waals surface area contributed by atoms with Crippen molar-refractivity contribution in [1.82, 2.24) is 10.0 Å². The van der Waals surface area contributed by atoms with Crippen LogP contribution in [0.2, 0.25) is 0 Å². The van der Waals surface area contributed by atoms with Crippen LogP contribution in [0, 0.1) is 11.6 Å². The maximum atomic E-state index is 13.9. The molecule has 1 aliphatic heterocycles. The second-order valence-corrected chi connectivity index (χ2v) is 7.04. The Morgan fingerprint density at radius 3 is 2.67 bits per heavy atom. The first-order chi connectivity index (χ1) is 9.77. The van der Waals surface area contributed by atoms with Gasteiger partial charge in [0.05, 0.1) is 12.1 Å². The largest absolute Gasteiger partial charge is 0.379 e. The third-order valence-electron chi connectivity index (χ3n) is 3.32. The fraction of sp³-hybridized carbons (Fsp3) is 0.538. The predicted octanol–water partition coefficient (Wildman–Crippen LogP) is 1.14. The van der Waals surface area contributed by atoms with Gasteiger partial charge in [0.25, 0.3) is 0 Å². The van der Waals surface area contributed by atoms with Crippen LogP contribution in [-0.2, 0) is 21.3 Å². The van der Waals surface area contributed by atoms with Crippen molar-refractivity contribution in [2.45, 2.75) is 30.3 Å². The molecule has 0 aliphatic carbocycles. The Morgan fingerprint density at radius 1 is 1.38 bits per heavy atom. The van der Waals surface area contributed by atoms with E-state index in [1.807, 2.05) is 0 Å². The number of sulfonamides is 1. The van der Waals surface area contributed by atoms with Crippen molar-refractivity contribution in [3.8, 4) is 0 Å². The second kappa shape index (κ2) is 5.96. The van der Waals surface area contributed by atoms with Crippen LogP contribution in [0.3, 0.4) is 0 Å². The van der Waals surface area contributed by atoms with E-state index in [2.05, 4.69) is 10.0 Å². The summed E-state index contributed by atoms with van der Waals surface area (Å²) in [4.78, 5) is -0.680. The fourth-order valence-corrected chi connectivity index (χ4v) is 3.81. The molecular weight excluding hydrogens is 302 g/mol. The maximum absolute atomic E-state index is 13.9. The van der Waals surface area contributed by atoms with Crippen molar-refractivity contribution in [1.29, 1.82) is 0 Å². The van der Waals surface area contributed by atoms with Crippen LogP contribution < -0.4 is 10.0 Å². The summed E-state index contributed by atoms with van der Waals surface area (Å²) in [5.74, 6) is -2.55. The highest BCUT2D eigenvalue weighted by molar-refractivity contribution is 7.89. The SMILES string of the molecule is CNCc1cc(F)c(F)c(S(=O)(=O)NC2(C)CCOC2)c1. The lowest BCUT2D eigenvalue weighted by Crippen LogP contribution is -2.46. The van der Waals surface area contributed by atoms with E-state index in [9.17, 15) is 17.2 Å². The molecule has 8 heteroatoms. The molecule has 1 aliphatic rings. The summed E-state index contributed by atoms with van der Waals surface area (Å²) in [5.41, 5.74) is -0.453. The normalized spacial score (nSPS) is 22.7. The summed E-state index contributed by atoms with van der Waals surface area (Å²) in [5, 5.41) is 2.77. The third kappa shape index (κ3) is 3.57. The molecule has 2 N–H and O–H groups in total. The number of hydrogen-bond acceptors (Lipinski definition) is 4. The van der Waals surface area contributed by atoms with Gasteiger partial charge in [0.15, 0.2) is 11.6 Å². The minimum atomic E-state index is -4.17.